The summed E-state index contributed by atoms with van der Waals surface area (Å²) in [5.74, 6) is -0.223. The third-order valence-electron chi connectivity index (χ3n) is 2.69. The van der Waals surface area contributed by atoms with Crippen LogP contribution in [0.5, 0.6) is 0 Å². The van der Waals surface area contributed by atoms with Gasteiger partial charge in [0.15, 0.2) is 0 Å². The van der Waals surface area contributed by atoms with Gasteiger partial charge in [-0.1, -0.05) is 18.2 Å². The molecule has 0 spiro atoms. The van der Waals surface area contributed by atoms with E-state index >= 15 is 0 Å². The summed E-state index contributed by atoms with van der Waals surface area (Å²) >= 11 is 1.52. The Morgan fingerprint density at radius 1 is 1.26 bits per heavy atom. The summed E-state index contributed by atoms with van der Waals surface area (Å²) < 4.78 is 13.6. The van der Waals surface area contributed by atoms with Crippen molar-refractivity contribution in [3.63, 3.8) is 0 Å². The van der Waals surface area contributed by atoms with E-state index < -0.39 is 0 Å². The first kappa shape index (κ1) is 14.0. The van der Waals surface area contributed by atoms with Gasteiger partial charge in [-0.05, 0) is 13.0 Å². The molecular formula is C13H16FN3OS. The molecule has 1 aromatic carbocycles. The van der Waals surface area contributed by atoms with Crippen molar-refractivity contribution in [2.45, 2.75) is 20.0 Å². The van der Waals surface area contributed by atoms with Crippen LogP contribution in [0.3, 0.4) is 0 Å². The summed E-state index contributed by atoms with van der Waals surface area (Å²) in [7, 11) is 0. The maximum Gasteiger partial charge on any atom is 0.131 e. The number of aromatic nitrogens is 2. The summed E-state index contributed by atoms with van der Waals surface area (Å²) in [6.45, 7) is 3.43. The number of halogens is 1. The molecule has 0 aliphatic heterocycles. The van der Waals surface area contributed by atoms with Crippen molar-refractivity contribution in [1.29, 1.82) is 0 Å². The number of aryl methyl sites for hydroxylation is 1. The predicted octanol–water partition coefficient (Wildman–Crippen LogP) is 1.98. The summed E-state index contributed by atoms with van der Waals surface area (Å²) in [5.41, 5.74) is 0.622. The highest BCUT2D eigenvalue weighted by Gasteiger charge is 2.11. The minimum atomic E-state index is -0.223. The Labute approximate surface area is 115 Å². The van der Waals surface area contributed by atoms with Crippen molar-refractivity contribution < 1.29 is 9.50 Å². The molecule has 2 aromatic rings. The number of aliphatic hydroxyl groups is 1. The van der Waals surface area contributed by atoms with Crippen molar-refractivity contribution in [3.05, 3.63) is 45.7 Å². The van der Waals surface area contributed by atoms with E-state index in [0.717, 1.165) is 10.0 Å². The highest BCUT2D eigenvalue weighted by molar-refractivity contribution is 7.11. The molecule has 102 valence electrons. The van der Waals surface area contributed by atoms with E-state index in [2.05, 4.69) is 10.2 Å². The zero-order chi connectivity index (χ0) is 13.7. The fraction of sp³-hybridized carbons (Fsp3) is 0.385. The lowest BCUT2D eigenvalue weighted by Gasteiger charge is -2.20. The van der Waals surface area contributed by atoms with Gasteiger partial charge in [0.1, 0.15) is 15.8 Å². The molecule has 0 unspecified atom stereocenters. The van der Waals surface area contributed by atoms with Gasteiger partial charge >= 0.3 is 0 Å². The van der Waals surface area contributed by atoms with Gasteiger partial charge in [0, 0.05) is 18.7 Å². The first-order valence-corrected chi connectivity index (χ1v) is 6.86. The Balaban J connectivity index is 2.06. The molecular weight excluding hydrogens is 265 g/mol. The molecule has 1 heterocycles. The van der Waals surface area contributed by atoms with Gasteiger partial charge in [0.2, 0.25) is 0 Å². The molecule has 0 bridgehead atoms. The van der Waals surface area contributed by atoms with Crippen molar-refractivity contribution in [3.8, 4) is 0 Å². The normalized spacial score (nSPS) is 11.2. The van der Waals surface area contributed by atoms with Gasteiger partial charge in [0.25, 0.3) is 0 Å². The lowest BCUT2D eigenvalue weighted by molar-refractivity contribution is 0.182. The number of hydrogen-bond donors (Lipinski definition) is 1. The van der Waals surface area contributed by atoms with Crippen LogP contribution in [-0.2, 0) is 13.1 Å². The third-order valence-corrected chi connectivity index (χ3v) is 3.52. The first-order valence-electron chi connectivity index (χ1n) is 6.04. The van der Waals surface area contributed by atoms with Gasteiger partial charge in [-0.2, -0.15) is 0 Å². The molecule has 0 saturated heterocycles. The van der Waals surface area contributed by atoms with E-state index in [1.807, 2.05) is 17.9 Å². The van der Waals surface area contributed by atoms with Crippen LogP contribution < -0.4 is 0 Å². The minimum absolute atomic E-state index is 0.0340. The van der Waals surface area contributed by atoms with Gasteiger partial charge < -0.3 is 5.11 Å². The van der Waals surface area contributed by atoms with Crippen molar-refractivity contribution in [2.24, 2.45) is 0 Å². The van der Waals surface area contributed by atoms with Crippen LogP contribution in [0.2, 0.25) is 0 Å². The van der Waals surface area contributed by atoms with E-state index in [4.69, 9.17) is 5.11 Å². The van der Waals surface area contributed by atoms with Crippen LogP contribution in [0.1, 0.15) is 15.6 Å². The van der Waals surface area contributed by atoms with Crippen LogP contribution in [0, 0.1) is 12.7 Å². The smallest absolute Gasteiger partial charge is 0.131 e. The summed E-state index contributed by atoms with van der Waals surface area (Å²) in [6.07, 6.45) is 0. The molecule has 4 nitrogen and oxygen atoms in total. The Hall–Kier alpha value is -1.37. The maximum absolute atomic E-state index is 13.6. The number of rotatable bonds is 6. The highest BCUT2D eigenvalue weighted by atomic mass is 32.1. The van der Waals surface area contributed by atoms with E-state index in [1.54, 1.807) is 12.1 Å². The number of benzene rings is 1. The van der Waals surface area contributed by atoms with Gasteiger partial charge in [-0.25, -0.2) is 4.39 Å². The second-order valence-electron chi connectivity index (χ2n) is 4.24. The zero-order valence-corrected chi connectivity index (χ0v) is 11.5. The fourth-order valence-electron chi connectivity index (χ4n) is 1.82. The Morgan fingerprint density at radius 3 is 2.68 bits per heavy atom. The average Bonchev–Trinajstić information content (AvgIpc) is 2.78. The highest BCUT2D eigenvalue weighted by Crippen LogP contribution is 2.15. The van der Waals surface area contributed by atoms with Gasteiger partial charge in [-0.3, -0.25) is 4.90 Å². The number of nitrogens with zero attached hydrogens (tertiary/aromatic N) is 3. The molecule has 0 radical (unpaired) electrons. The van der Waals surface area contributed by atoms with Crippen LogP contribution in [-0.4, -0.2) is 33.4 Å². The molecule has 1 aromatic heterocycles. The largest absolute Gasteiger partial charge is 0.395 e. The molecule has 2 rings (SSSR count). The molecule has 0 fully saturated rings. The van der Waals surface area contributed by atoms with E-state index in [9.17, 15) is 4.39 Å². The monoisotopic (exact) mass is 281 g/mol. The maximum atomic E-state index is 13.6. The SMILES string of the molecule is Cc1nnc(CN(CCO)Cc2ccccc2F)s1. The average molecular weight is 281 g/mol. The Kier molecular flexibility index (Phi) is 4.95. The van der Waals surface area contributed by atoms with Crippen molar-refractivity contribution >= 4 is 11.3 Å². The topological polar surface area (TPSA) is 49.2 Å². The molecule has 0 aliphatic carbocycles. The summed E-state index contributed by atoms with van der Waals surface area (Å²) in [4.78, 5) is 1.96. The van der Waals surface area contributed by atoms with Crippen LogP contribution in [0.15, 0.2) is 24.3 Å². The van der Waals surface area contributed by atoms with Crippen molar-refractivity contribution in [1.82, 2.24) is 15.1 Å². The molecule has 0 aliphatic rings. The fourth-order valence-corrected chi connectivity index (χ4v) is 2.57. The Morgan fingerprint density at radius 2 is 2.05 bits per heavy atom. The molecule has 0 saturated carbocycles. The first-order chi connectivity index (χ1) is 9.19. The van der Waals surface area contributed by atoms with Gasteiger partial charge in [0.05, 0.1) is 13.2 Å². The quantitative estimate of drug-likeness (QED) is 0.879. The molecule has 6 heteroatoms. The second-order valence-corrected chi connectivity index (χ2v) is 5.51. The Bertz CT molecular complexity index is 532. The zero-order valence-electron chi connectivity index (χ0n) is 10.7. The minimum Gasteiger partial charge on any atom is -0.395 e. The third kappa shape index (κ3) is 4.05. The molecule has 0 atom stereocenters. The van der Waals surface area contributed by atoms with Crippen LogP contribution in [0.25, 0.3) is 0 Å². The van der Waals surface area contributed by atoms with Gasteiger partial charge in [-0.15, -0.1) is 21.5 Å². The lowest BCUT2D eigenvalue weighted by atomic mass is 10.2. The lowest BCUT2D eigenvalue weighted by Crippen LogP contribution is -2.26. The van der Waals surface area contributed by atoms with E-state index in [1.165, 1.54) is 17.4 Å². The molecule has 19 heavy (non-hydrogen) atoms. The second kappa shape index (κ2) is 6.70. The predicted molar refractivity (Wildman–Crippen MR) is 72.2 cm³/mol. The summed E-state index contributed by atoms with van der Waals surface area (Å²) in [6, 6.07) is 6.68. The van der Waals surface area contributed by atoms with Crippen molar-refractivity contribution in [2.75, 3.05) is 13.2 Å². The summed E-state index contributed by atoms with van der Waals surface area (Å²) in [5, 5.41) is 18.9. The standard InChI is InChI=1S/C13H16FN3OS/c1-10-15-16-13(19-10)9-17(6-7-18)8-11-4-2-3-5-12(11)14/h2-5,18H,6-9H2,1H3. The number of aliphatic hydroxyl groups excluding tert-OH is 1. The molecule has 1 N–H and O–H groups in total. The number of hydrogen-bond acceptors (Lipinski definition) is 5. The van der Waals surface area contributed by atoms with E-state index in [-0.39, 0.29) is 12.4 Å². The van der Waals surface area contributed by atoms with E-state index in [0.29, 0.717) is 25.2 Å². The van der Waals surface area contributed by atoms with Crippen LogP contribution >= 0.6 is 11.3 Å². The van der Waals surface area contributed by atoms with Crippen LogP contribution in [0.4, 0.5) is 4.39 Å². The molecule has 0 amide bonds.